The van der Waals surface area contributed by atoms with Crippen LogP contribution in [-0.2, 0) is 0 Å². The van der Waals surface area contributed by atoms with Gasteiger partial charge in [-0.2, -0.15) is 5.10 Å². The van der Waals surface area contributed by atoms with Crippen LogP contribution in [0.4, 0.5) is 10.8 Å². The van der Waals surface area contributed by atoms with E-state index in [-0.39, 0.29) is 22.7 Å². The Hall–Kier alpha value is -1.80. The van der Waals surface area contributed by atoms with E-state index in [0.29, 0.717) is 5.13 Å². The fourth-order valence-corrected chi connectivity index (χ4v) is 2.03. The second-order valence-corrected chi connectivity index (χ2v) is 4.87. The van der Waals surface area contributed by atoms with Crippen LogP contribution in [0.1, 0.15) is 13.8 Å². The van der Waals surface area contributed by atoms with E-state index in [9.17, 15) is 10.1 Å². The average molecular weight is 357 g/mol. The second kappa shape index (κ2) is 7.11. The summed E-state index contributed by atoms with van der Waals surface area (Å²) in [5, 5.41) is 17.2. The Morgan fingerprint density at radius 2 is 2.00 bits per heavy atom. The molecule has 1 N–H and O–H groups in total. The van der Waals surface area contributed by atoms with Crippen molar-refractivity contribution in [2.75, 3.05) is 5.43 Å². The normalized spacial score (nSPS) is 9.50. The van der Waals surface area contributed by atoms with Gasteiger partial charge in [0.1, 0.15) is 0 Å². The summed E-state index contributed by atoms with van der Waals surface area (Å²) in [6, 6.07) is 6.31. The fraction of sp³-hybridized carbons (Fsp3) is 0.167. The molecule has 0 spiro atoms. The lowest BCUT2D eigenvalue weighted by molar-refractivity contribution is -0.384. The molecule has 1 heterocycles. The summed E-state index contributed by atoms with van der Waals surface area (Å²) in [5.74, 6) is 0. The zero-order chi connectivity index (χ0) is 13.8. The number of nitrogens with one attached hydrogen (secondary N) is 1. The largest absolute Gasteiger partial charge is 0.269 e. The number of non-ortho nitro benzene ring substituents is 1. The van der Waals surface area contributed by atoms with Gasteiger partial charge in [0.05, 0.1) is 10.6 Å². The molecule has 0 aliphatic heterocycles. The highest BCUT2D eigenvalue weighted by Crippen LogP contribution is 2.26. The van der Waals surface area contributed by atoms with Crippen molar-refractivity contribution >= 4 is 44.8 Å². The molecule has 106 valence electrons. The van der Waals surface area contributed by atoms with E-state index in [1.54, 1.807) is 12.1 Å². The molecule has 6 nitrogen and oxygen atoms in total. The van der Waals surface area contributed by atoms with Crippen LogP contribution in [0, 0.1) is 10.1 Å². The fourth-order valence-electron chi connectivity index (χ4n) is 1.37. The molecular weight excluding hydrogens is 344 g/mol. The van der Waals surface area contributed by atoms with E-state index >= 15 is 0 Å². The molecule has 2 aromatic rings. The average Bonchev–Trinajstić information content (AvgIpc) is 2.85. The Kier molecular flexibility index (Phi) is 5.78. The Balaban J connectivity index is 0.00000200. The number of halogens is 1. The van der Waals surface area contributed by atoms with E-state index in [0.717, 1.165) is 17.0 Å². The van der Waals surface area contributed by atoms with Crippen LogP contribution in [0.3, 0.4) is 0 Å². The van der Waals surface area contributed by atoms with Gasteiger partial charge < -0.3 is 0 Å². The molecule has 0 saturated heterocycles. The van der Waals surface area contributed by atoms with E-state index in [1.807, 2.05) is 19.2 Å². The van der Waals surface area contributed by atoms with Crippen LogP contribution in [0.25, 0.3) is 11.3 Å². The number of nitro groups is 1. The third kappa shape index (κ3) is 4.10. The molecule has 0 amide bonds. The summed E-state index contributed by atoms with van der Waals surface area (Å²) >= 11 is 1.43. The standard InChI is InChI=1S/C12H12N4O2S.BrH/c1-8(2)14-15-12-13-11(7-19-12)9-3-5-10(6-4-9)16(17)18;/h3-7H,1-2H3,(H,13,15);1H. The number of hydrogen-bond donors (Lipinski definition) is 1. The van der Waals surface area contributed by atoms with Crippen LogP contribution in [0.15, 0.2) is 34.7 Å². The molecule has 1 aromatic heterocycles. The van der Waals surface area contributed by atoms with Crippen LogP contribution in [0.2, 0.25) is 0 Å². The maximum Gasteiger partial charge on any atom is 0.269 e. The van der Waals surface area contributed by atoms with Crippen molar-refractivity contribution in [1.82, 2.24) is 4.98 Å². The number of thiazole rings is 1. The minimum atomic E-state index is -0.420. The lowest BCUT2D eigenvalue weighted by Crippen LogP contribution is -1.92. The highest BCUT2D eigenvalue weighted by molar-refractivity contribution is 8.93. The maximum atomic E-state index is 10.6. The first-order valence-corrected chi connectivity index (χ1v) is 6.41. The Bertz CT molecular complexity index is 621. The Morgan fingerprint density at radius 1 is 1.35 bits per heavy atom. The first-order valence-electron chi connectivity index (χ1n) is 5.53. The Labute approximate surface area is 130 Å². The number of rotatable bonds is 4. The first kappa shape index (κ1) is 16.3. The number of aromatic nitrogens is 1. The molecule has 0 saturated carbocycles. The van der Waals surface area contributed by atoms with Gasteiger partial charge in [-0.1, -0.05) is 0 Å². The molecule has 8 heteroatoms. The topological polar surface area (TPSA) is 80.4 Å². The highest BCUT2D eigenvalue weighted by atomic mass is 79.9. The van der Waals surface area contributed by atoms with Crippen LogP contribution >= 0.6 is 28.3 Å². The molecule has 0 radical (unpaired) electrons. The third-order valence-corrected chi connectivity index (χ3v) is 3.00. The van der Waals surface area contributed by atoms with Gasteiger partial charge in [-0.15, -0.1) is 28.3 Å². The molecule has 20 heavy (non-hydrogen) atoms. The lowest BCUT2D eigenvalue weighted by Gasteiger charge is -1.96. The van der Waals surface area contributed by atoms with Gasteiger partial charge in [0.2, 0.25) is 5.13 Å². The molecule has 0 atom stereocenters. The van der Waals surface area contributed by atoms with Crippen molar-refractivity contribution in [2.45, 2.75) is 13.8 Å². The van der Waals surface area contributed by atoms with Crippen molar-refractivity contribution in [3.05, 3.63) is 39.8 Å². The van der Waals surface area contributed by atoms with Crippen molar-refractivity contribution < 1.29 is 4.92 Å². The van der Waals surface area contributed by atoms with E-state index < -0.39 is 4.92 Å². The SMILES string of the molecule is Br.CC(C)=NNc1nc(-c2ccc([N+](=O)[O-])cc2)cs1. The monoisotopic (exact) mass is 356 g/mol. The summed E-state index contributed by atoms with van der Waals surface area (Å²) in [6.45, 7) is 3.77. The van der Waals surface area contributed by atoms with Crippen LogP contribution < -0.4 is 5.43 Å². The van der Waals surface area contributed by atoms with Crippen molar-refractivity contribution in [1.29, 1.82) is 0 Å². The Morgan fingerprint density at radius 3 is 2.55 bits per heavy atom. The minimum absolute atomic E-state index is 0. The number of benzene rings is 1. The van der Waals surface area contributed by atoms with E-state index in [4.69, 9.17) is 0 Å². The summed E-state index contributed by atoms with van der Waals surface area (Å²) < 4.78 is 0. The quantitative estimate of drug-likeness (QED) is 0.507. The van der Waals surface area contributed by atoms with Gasteiger partial charge in [0.25, 0.3) is 5.69 Å². The lowest BCUT2D eigenvalue weighted by atomic mass is 10.1. The predicted molar refractivity (Wildman–Crippen MR) is 86.9 cm³/mol. The van der Waals surface area contributed by atoms with Gasteiger partial charge in [-0.25, -0.2) is 4.98 Å². The smallest absolute Gasteiger partial charge is 0.258 e. The molecule has 0 fully saturated rings. The van der Waals surface area contributed by atoms with E-state index in [1.165, 1.54) is 23.5 Å². The van der Waals surface area contributed by atoms with Gasteiger partial charge in [0, 0.05) is 28.8 Å². The van der Waals surface area contributed by atoms with Crippen molar-refractivity contribution in [3.8, 4) is 11.3 Å². The second-order valence-electron chi connectivity index (χ2n) is 4.01. The molecule has 2 rings (SSSR count). The molecular formula is C12H13BrN4O2S. The van der Waals surface area contributed by atoms with Gasteiger partial charge >= 0.3 is 0 Å². The molecule has 0 aliphatic rings. The summed E-state index contributed by atoms with van der Waals surface area (Å²) in [6.07, 6.45) is 0. The number of nitrogens with zero attached hydrogens (tertiary/aromatic N) is 3. The number of hydrogen-bond acceptors (Lipinski definition) is 6. The molecule has 0 aliphatic carbocycles. The number of anilines is 1. The molecule has 1 aromatic carbocycles. The van der Waals surface area contributed by atoms with Crippen molar-refractivity contribution in [2.24, 2.45) is 5.10 Å². The highest BCUT2D eigenvalue weighted by Gasteiger charge is 2.07. The number of nitro benzene ring substituents is 1. The first-order chi connectivity index (χ1) is 9.06. The minimum Gasteiger partial charge on any atom is -0.258 e. The number of hydrazone groups is 1. The van der Waals surface area contributed by atoms with E-state index in [2.05, 4.69) is 15.5 Å². The van der Waals surface area contributed by atoms with Crippen LogP contribution in [0.5, 0.6) is 0 Å². The zero-order valence-electron chi connectivity index (χ0n) is 10.9. The molecule has 0 unspecified atom stereocenters. The van der Waals surface area contributed by atoms with Gasteiger partial charge in [-0.3, -0.25) is 15.5 Å². The predicted octanol–water partition coefficient (Wildman–Crippen LogP) is 4.10. The summed E-state index contributed by atoms with van der Waals surface area (Å²) in [5.41, 5.74) is 5.44. The van der Waals surface area contributed by atoms with Gasteiger partial charge in [-0.05, 0) is 26.0 Å². The third-order valence-electron chi connectivity index (χ3n) is 2.25. The van der Waals surface area contributed by atoms with Gasteiger partial charge in [0.15, 0.2) is 0 Å². The summed E-state index contributed by atoms with van der Waals surface area (Å²) in [4.78, 5) is 14.5. The zero-order valence-corrected chi connectivity index (χ0v) is 13.4. The maximum absolute atomic E-state index is 10.6. The van der Waals surface area contributed by atoms with Crippen LogP contribution in [-0.4, -0.2) is 15.6 Å². The summed E-state index contributed by atoms with van der Waals surface area (Å²) in [7, 11) is 0. The molecule has 0 bridgehead atoms. The van der Waals surface area contributed by atoms with Crippen molar-refractivity contribution in [3.63, 3.8) is 0 Å².